The highest BCUT2D eigenvalue weighted by Crippen LogP contribution is 2.16. The second-order valence-corrected chi connectivity index (χ2v) is 4.79. The molecule has 0 saturated carbocycles. The fourth-order valence-electron chi connectivity index (χ4n) is 1.68. The molecule has 0 radical (unpaired) electrons. The lowest BCUT2D eigenvalue weighted by molar-refractivity contribution is -0.132. The molecule has 1 N–H and O–H groups in total. The quantitative estimate of drug-likeness (QED) is 0.888. The molecule has 0 aliphatic rings. The molecule has 7 heteroatoms. The number of H-pyrrole nitrogens is 1. The average molecular weight is 291 g/mol. The number of aromatic amines is 1. The van der Waals surface area contributed by atoms with E-state index in [-0.39, 0.29) is 24.9 Å². The number of hydrogen-bond donors (Lipinski definition) is 1. The highest BCUT2D eigenvalue weighted by atomic mass is 16.5. The molecule has 0 spiro atoms. The number of rotatable bonds is 5. The first-order chi connectivity index (χ1) is 9.95. The van der Waals surface area contributed by atoms with Crippen molar-refractivity contribution in [2.75, 3.05) is 13.7 Å². The lowest BCUT2D eigenvalue weighted by Crippen LogP contribution is -2.31. The summed E-state index contributed by atoms with van der Waals surface area (Å²) in [6.07, 6.45) is 0. The van der Waals surface area contributed by atoms with Gasteiger partial charge in [0, 0.05) is 7.05 Å². The van der Waals surface area contributed by atoms with Gasteiger partial charge in [-0.05, 0) is 37.1 Å². The van der Waals surface area contributed by atoms with Crippen LogP contribution >= 0.6 is 0 Å². The van der Waals surface area contributed by atoms with E-state index in [9.17, 15) is 9.59 Å². The van der Waals surface area contributed by atoms with E-state index >= 15 is 0 Å². The number of aryl methyl sites for hydroxylation is 2. The summed E-state index contributed by atoms with van der Waals surface area (Å²) in [4.78, 5) is 24.1. The Labute approximate surface area is 121 Å². The number of carbonyl (C=O) groups excluding carboxylic acids is 1. The third-order valence-corrected chi connectivity index (χ3v) is 3.12. The Morgan fingerprint density at radius 3 is 2.76 bits per heavy atom. The lowest BCUT2D eigenvalue weighted by Gasteiger charge is -2.15. The number of amides is 1. The Hall–Kier alpha value is -2.57. The minimum absolute atomic E-state index is 0.0896. The van der Waals surface area contributed by atoms with Gasteiger partial charge in [-0.25, -0.2) is 9.89 Å². The van der Waals surface area contributed by atoms with E-state index < -0.39 is 5.76 Å². The predicted molar refractivity (Wildman–Crippen MR) is 75.0 cm³/mol. The van der Waals surface area contributed by atoms with E-state index in [1.165, 1.54) is 10.5 Å². The van der Waals surface area contributed by atoms with Crippen LogP contribution in [0.3, 0.4) is 0 Å². The average Bonchev–Trinajstić information content (AvgIpc) is 2.85. The first kappa shape index (κ1) is 14.8. The first-order valence-electron chi connectivity index (χ1n) is 6.44. The summed E-state index contributed by atoms with van der Waals surface area (Å²) in [5.41, 5.74) is 2.27. The normalized spacial score (nSPS) is 10.4. The van der Waals surface area contributed by atoms with Crippen LogP contribution in [0.5, 0.6) is 5.75 Å². The Balaban J connectivity index is 1.88. The second kappa shape index (κ2) is 6.25. The van der Waals surface area contributed by atoms with Crippen molar-refractivity contribution in [1.82, 2.24) is 15.1 Å². The molecule has 0 atom stereocenters. The molecule has 1 aromatic heterocycles. The standard InChI is InChI=1S/C14H17N3O4/c1-9-4-5-11(6-10(9)2)20-8-13(18)17(3)7-12-15-16-14(19)21-12/h4-6H,7-8H2,1-3H3,(H,16,19). The Morgan fingerprint density at radius 1 is 1.38 bits per heavy atom. The number of aromatic nitrogens is 2. The van der Waals surface area contributed by atoms with Crippen LogP contribution < -0.4 is 10.5 Å². The molecular formula is C14H17N3O4. The smallest absolute Gasteiger partial charge is 0.434 e. The summed E-state index contributed by atoms with van der Waals surface area (Å²) in [5, 5.41) is 5.78. The van der Waals surface area contributed by atoms with Gasteiger partial charge in [0.2, 0.25) is 5.89 Å². The number of ether oxygens (including phenoxy) is 1. The largest absolute Gasteiger partial charge is 0.484 e. The zero-order chi connectivity index (χ0) is 15.4. The van der Waals surface area contributed by atoms with Crippen LogP contribution in [0.2, 0.25) is 0 Å². The van der Waals surface area contributed by atoms with E-state index in [2.05, 4.69) is 10.2 Å². The SMILES string of the molecule is Cc1ccc(OCC(=O)N(C)Cc2n[nH]c(=O)o2)cc1C. The van der Waals surface area contributed by atoms with E-state index in [1.807, 2.05) is 32.0 Å². The zero-order valence-electron chi connectivity index (χ0n) is 12.2. The third kappa shape index (κ3) is 3.95. The van der Waals surface area contributed by atoms with Crippen LogP contribution in [0.25, 0.3) is 0 Å². The van der Waals surface area contributed by atoms with Gasteiger partial charge in [0.15, 0.2) is 6.61 Å². The molecule has 21 heavy (non-hydrogen) atoms. The van der Waals surface area contributed by atoms with Gasteiger partial charge in [0.05, 0.1) is 6.54 Å². The van der Waals surface area contributed by atoms with Crippen molar-refractivity contribution in [3.05, 3.63) is 45.8 Å². The van der Waals surface area contributed by atoms with Gasteiger partial charge in [-0.2, -0.15) is 0 Å². The van der Waals surface area contributed by atoms with Gasteiger partial charge in [-0.1, -0.05) is 6.07 Å². The second-order valence-electron chi connectivity index (χ2n) is 4.79. The fraction of sp³-hybridized carbons (Fsp3) is 0.357. The maximum Gasteiger partial charge on any atom is 0.434 e. The molecule has 2 aromatic rings. The Morgan fingerprint density at radius 2 is 2.14 bits per heavy atom. The summed E-state index contributed by atoms with van der Waals surface area (Å²) in [7, 11) is 1.58. The number of hydrogen-bond acceptors (Lipinski definition) is 5. The fourth-order valence-corrected chi connectivity index (χ4v) is 1.68. The van der Waals surface area contributed by atoms with Crippen molar-refractivity contribution < 1.29 is 13.9 Å². The molecular weight excluding hydrogens is 274 g/mol. The van der Waals surface area contributed by atoms with Gasteiger partial charge in [0.1, 0.15) is 5.75 Å². The highest BCUT2D eigenvalue weighted by Gasteiger charge is 2.13. The van der Waals surface area contributed by atoms with Crippen LogP contribution in [-0.2, 0) is 11.3 Å². The van der Waals surface area contributed by atoms with E-state index in [4.69, 9.17) is 9.15 Å². The van der Waals surface area contributed by atoms with Gasteiger partial charge < -0.3 is 14.1 Å². The van der Waals surface area contributed by atoms with Crippen LogP contribution in [0.1, 0.15) is 17.0 Å². The summed E-state index contributed by atoms with van der Waals surface area (Å²) >= 11 is 0. The van der Waals surface area contributed by atoms with E-state index in [1.54, 1.807) is 7.05 Å². The van der Waals surface area contributed by atoms with Gasteiger partial charge in [0.25, 0.3) is 5.91 Å². The number of nitrogens with one attached hydrogen (secondary N) is 1. The summed E-state index contributed by atoms with van der Waals surface area (Å²) < 4.78 is 10.2. The van der Waals surface area contributed by atoms with Crippen LogP contribution in [0.4, 0.5) is 0 Å². The molecule has 1 amide bonds. The van der Waals surface area contributed by atoms with Crippen molar-refractivity contribution in [2.24, 2.45) is 0 Å². The molecule has 0 aliphatic heterocycles. The van der Waals surface area contributed by atoms with Gasteiger partial charge >= 0.3 is 5.76 Å². The topological polar surface area (TPSA) is 88.4 Å². The molecule has 0 fully saturated rings. The maximum absolute atomic E-state index is 11.9. The van der Waals surface area contributed by atoms with Crippen molar-refractivity contribution in [2.45, 2.75) is 20.4 Å². The van der Waals surface area contributed by atoms with Crippen molar-refractivity contribution in [3.63, 3.8) is 0 Å². The predicted octanol–water partition coefficient (Wildman–Crippen LogP) is 1.02. The van der Waals surface area contributed by atoms with Gasteiger partial charge in [-0.3, -0.25) is 4.79 Å². The molecule has 0 unspecified atom stereocenters. The Bertz CT molecular complexity index is 690. The number of carbonyl (C=O) groups is 1. The number of benzene rings is 1. The van der Waals surface area contributed by atoms with Crippen molar-refractivity contribution >= 4 is 5.91 Å². The summed E-state index contributed by atoms with van der Waals surface area (Å²) in [5.74, 6) is -0.0794. The third-order valence-electron chi connectivity index (χ3n) is 3.12. The minimum Gasteiger partial charge on any atom is -0.484 e. The Kier molecular flexibility index (Phi) is 4.42. The summed E-state index contributed by atoms with van der Waals surface area (Å²) in [6.45, 7) is 4.01. The number of likely N-dealkylation sites (N-methyl/N-ethyl adjacent to an activating group) is 1. The molecule has 0 saturated heterocycles. The molecule has 1 aromatic carbocycles. The van der Waals surface area contributed by atoms with Crippen molar-refractivity contribution in [1.29, 1.82) is 0 Å². The van der Waals surface area contributed by atoms with Crippen LogP contribution in [0, 0.1) is 13.8 Å². The lowest BCUT2D eigenvalue weighted by atomic mass is 10.1. The first-order valence-corrected chi connectivity index (χ1v) is 6.44. The molecule has 7 nitrogen and oxygen atoms in total. The van der Waals surface area contributed by atoms with Crippen molar-refractivity contribution in [3.8, 4) is 5.75 Å². The molecule has 0 aliphatic carbocycles. The van der Waals surface area contributed by atoms with Gasteiger partial charge in [-0.15, -0.1) is 5.10 Å². The molecule has 1 heterocycles. The number of nitrogens with zero attached hydrogens (tertiary/aromatic N) is 2. The van der Waals surface area contributed by atoms with Crippen LogP contribution in [0.15, 0.2) is 27.4 Å². The molecule has 112 valence electrons. The molecule has 2 rings (SSSR count). The highest BCUT2D eigenvalue weighted by molar-refractivity contribution is 5.77. The minimum atomic E-state index is -0.641. The van der Waals surface area contributed by atoms with Crippen LogP contribution in [-0.4, -0.2) is 34.7 Å². The maximum atomic E-state index is 11.9. The van der Waals surface area contributed by atoms with E-state index in [0.29, 0.717) is 5.75 Å². The van der Waals surface area contributed by atoms with E-state index in [0.717, 1.165) is 5.56 Å². The summed E-state index contributed by atoms with van der Waals surface area (Å²) in [6, 6.07) is 5.65. The monoisotopic (exact) mass is 291 g/mol. The zero-order valence-corrected chi connectivity index (χ0v) is 12.2. The molecule has 0 bridgehead atoms.